The van der Waals surface area contributed by atoms with Crippen molar-refractivity contribution in [2.75, 3.05) is 5.32 Å². The van der Waals surface area contributed by atoms with Crippen molar-refractivity contribution in [3.8, 4) is 5.75 Å². The Hall–Kier alpha value is -3.16. The number of carbonyl (C=O) groups is 1. The Bertz CT molecular complexity index is 1020. The van der Waals surface area contributed by atoms with Gasteiger partial charge in [0.2, 0.25) is 0 Å². The quantitative estimate of drug-likeness (QED) is 0.705. The molecule has 0 saturated heterocycles. The van der Waals surface area contributed by atoms with E-state index in [0.29, 0.717) is 29.3 Å². The third kappa shape index (κ3) is 3.44. The van der Waals surface area contributed by atoms with Gasteiger partial charge in [-0.15, -0.1) is 5.10 Å². The third-order valence-electron chi connectivity index (χ3n) is 4.22. The van der Waals surface area contributed by atoms with E-state index in [1.165, 1.54) is 0 Å². The van der Waals surface area contributed by atoms with Crippen molar-refractivity contribution in [1.29, 1.82) is 0 Å². The van der Waals surface area contributed by atoms with Gasteiger partial charge < -0.3 is 14.5 Å². The van der Waals surface area contributed by atoms with Gasteiger partial charge in [0.25, 0.3) is 5.91 Å². The first kappa shape index (κ1) is 17.7. The maximum absolute atomic E-state index is 12.2. The highest BCUT2D eigenvalue weighted by molar-refractivity contribution is 5.93. The second kappa shape index (κ2) is 6.99. The highest BCUT2D eigenvalue weighted by Gasteiger charge is 2.17. The van der Waals surface area contributed by atoms with Crippen molar-refractivity contribution in [3.63, 3.8) is 0 Å². The fraction of sp³-hybridized carbons (Fsp3) is 0.333. The first-order chi connectivity index (χ1) is 12.4. The van der Waals surface area contributed by atoms with Gasteiger partial charge in [-0.05, 0) is 45.4 Å². The number of hydrogen-bond acceptors (Lipinski definition) is 6. The second-order valence-corrected chi connectivity index (χ2v) is 6.01. The van der Waals surface area contributed by atoms with E-state index in [4.69, 9.17) is 9.15 Å². The van der Waals surface area contributed by atoms with Crippen LogP contribution in [0.5, 0.6) is 5.75 Å². The minimum atomic E-state index is -0.766. The Morgan fingerprint density at radius 3 is 2.81 bits per heavy atom. The van der Waals surface area contributed by atoms with E-state index in [0.717, 1.165) is 10.9 Å². The van der Waals surface area contributed by atoms with E-state index in [1.807, 2.05) is 19.9 Å². The number of hydrogen-bond donors (Lipinski definition) is 1. The Morgan fingerprint density at radius 1 is 1.35 bits per heavy atom. The number of ether oxygens (including phenoxy) is 1. The van der Waals surface area contributed by atoms with Gasteiger partial charge in [0.05, 0.1) is 6.20 Å². The molecule has 3 rings (SSSR count). The number of aryl methyl sites for hydroxylation is 2. The van der Waals surface area contributed by atoms with Crippen molar-refractivity contribution < 1.29 is 13.9 Å². The Balaban J connectivity index is 1.76. The fourth-order valence-corrected chi connectivity index (χ4v) is 2.50. The lowest BCUT2D eigenvalue weighted by Crippen LogP contribution is -2.30. The van der Waals surface area contributed by atoms with E-state index >= 15 is 0 Å². The van der Waals surface area contributed by atoms with E-state index in [1.54, 1.807) is 36.9 Å². The molecule has 0 radical (unpaired) electrons. The first-order valence-corrected chi connectivity index (χ1v) is 8.30. The van der Waals surface area contributed by atoms with Gasteiger partial charge in [-0.1, -0.05) is 5.21 Å². The number of benzene rings is 1. The zero-order valence-electron chi connectivity index (χ0n) is 15.1. The molecule has 0 bridgehead atoms. The van der Waals surface area contributed by atoms with Crippen LogP contribution in [-0.4, -0.2) is 27.0 Å². The molecule has 2 heterocycles. The molecule has 0 aliphatic rings. The number of carbonyl (C=O) groups excluding carboxylic acids is 1. The Labute approximate surface area is 149 Å². The Kier molecular flexibility index (Phi) is 4.75. The van der Waals surface area contributed by atoms with E-state index in [-0.39, 0.29) is 11.5 Å². The number of nitrogens with zero attached hydrogens (tertiary/aromatic N) is 3. The molecule has 2 aromatic heterocycles. The zero-order valence-corrected chi connectivity index (χ0v) is 15.1. The summed E-state index contributed by atoms with van der Waals surface area (Å²) in [5.41, 5.74) is 1.50. The molecule has 26 heavy (non-hydrogen) atoms. The number of fused-ring (bicyclic) bond motifs is 1. The van der Waals surface area contributed by atoms with Crippen LogP contribution in [-0.2, 0) is 11.3 Å². The van der Waals surface area contributed by atoms with Gasteiger partial charge in [-0.2, -0.15) is 0 Å². The lowest BCUT2D eigenvalue weighted by molar-refractivity contribution is -0.122. The summed E-state index contributed by atoms with van der Waals surface area (Å²) in [6, 6.07) is 5.17. The summed E-state index contributed by atoms with van der Waals surface area (Å²) in [4.78, 5) is 24.1. The van der Waals surface area contributed by atoms with E-state index in [2.05, 4.69) is 15.6 Å². The summed E-state index contributed by atoms with van der Waals surface area (Å²) in [6.45, 7) is 7.81. The molecule has 1 unspecified atom stereocenters. The smallest absolute Gasteiger partial charge is 0.339 e. The summed E-state index contributed by atoms with van der Waals surface area (Å²) in [5, 5.41) is 11.2. The predicted molar refractivity (Wildman–Crippen MR) is 96.4 cm³/mol. The SMILES string of the molecule is CCn1cc(NC(=O)C(C)Oc2ccc3c(C)c(C)c(=O)oc3c2)nn1. The van der Waals surface area contributed by atoms with Gasteiger partial charge in [-0.3, -0.25) is 9.48 Å². The highest BCUT2D eigenvalue weighted by Crippen LogP contribution is 2.24. The van der Waals surface area contributed by atoms with Crippen LogP contribution in [0.25, 0.3) is 11.0 Å². The summed E-state index contributed by atoms with van der Waals surface area (Å²) in [7, 11) is 0. The Morgan fingerprint density at radius 2 is 2.12 bits per heavy atom. The summed E-state index contributed by atoms with van der Waals surface area (Å²) < 4.78 is 12.6. The monoisotopic (exact) mass is 356 g/mol. The molecule has 1 atom stereocenters. The average Bonchev–Trinajstić information content (AvgIpc) is 3.07. The number of amides is 1. The topological polar surface area (TPSA) is 99.2 Å². The predicted octanol–water partition coefficient (Wildman–Crippen LogP) is 2.43. The zero-order chi connectivity index (χ0) is 18.8. The van der Waals surface area contributed by atoms with Crippen molar-refractivity contribution in [2.24, 2.45) is 0 Å². The minimum absolute atomic E-state index is 0.352. The largest absolute Gasteiger partial charge is 0.481 e. The molecular weight excluding hydrogens is 336 g/mol. The molecule has 1 amide bonds. The van der Waals surface area contributed by atoms with Crippen LogP contribution in [0, 0.1) is 13.8 Å². The molecule has 0 aliphatic carbocycles. The normalized spacial score (nSPS) is 12.2. The molecule has 3 aromatic rings. The van der Waals surface area contributed by atoms with Crippen molar-refractivity contribution in [1.82, 2.24) is 15.0 Å². The maximum atomic E-state index is 12.2. The van der Waals surface area contributed by atoms with Crippen LogP contribution in [0.2, 0.25) is 0 Å². The molecular formula is C18H20N4O4. The van der Waals surface area contributed by atoms with Crippen molar-refractivity contribution >= 4 is 22.7 Å². The van der Waals surface area contributed by atoms with Gasteiger partial charge in [0, 0.05) is 23.6 Å². The number of aromatic nitrogens is 3. The molecule has 0 saturated carbocycles. The first-order valence-electron chi connectivity index (χ1n) is 8.30. The molecule has 1 N–H and O–H groups in total. The van der Waals surface area contributed by atoms with Crippen molar-refractivity contribution in [2.45, 2.75) is 40.3 Å². The van der Waals surface area contributed by atoms with Gasteiger partial charge in [0.15, 0.2) is 11.9 Å². The van der Waals surface area contributed by atoms with Gasteiger partial charge in [-0.25, -0.2) is 4.79 Å². The van der Waals surface area contributed by atoms with E-state index in [9.17, 15) is 9.59 Å². The number of anilines is 1. The summed E-state index contributed by atoms with van der Waals surface area (Å²) >= 11 is 0. The van der Waals surface area contributed by atoms with Gasteiger partial charge >= 0.3 is 5.63 Å². The lowest BCUT2D eigenvalue weighted by Gasteiger charge is -2.14. The van der Waals surface area contributed by atoms with Crippen LogP contribution < -0.4 is 15.7 Å². The maximum Gasteiger partial charge on any atom is 0.339 e. The highest BCUT2D eigenvalue weighted by atomic mass is 16.5. The molecule has 8 nitrogen and oxygen atoms in total. The fourth-order valence-electron chi connectivity index (χ4n) is 2.50. The van der Waals surface area contributed by atoms with Crippen molar-refractivity contribution in [3.05, 3.63) is 45.9 Å². The standard InChI is InChI=1S/C18H20N4O4/c1-5-22-9-16(20-21-22)19-17(23)12(4)25-13-6-7-14-10(2)11(3)18(24)26-15(14)8-13/h6-9,12H,5H2,1-4H3,(H,19,23). The minimum Gasteiger partial charge on any atom is -0.481 e. The van der Waals surface area contributed by atoms with Crippen LogP contribution >= 0.6 is 0 Å². The van der Waals surface area contributed by atoms with Gasteiger partial charge in [0.1, 0.15) is 11.3 Å². The van der Waals surface area contributed by atoms with E-state index < -0.39 is 6.10 Å². The second-order valence-electron chi connectivity index (χ2n) is 6.01. The molecule has 0 fully saturated rings. The van der Waals surface area contributed by atoms with Crippen LogP contribution in [0.4, 0.5) is 5.82 Å². The summed E-state index contributed by atoms with van der Waals surface area (Å²) in [6.07, 6.45) is 0.873. The third-order valence-corrected chi connectivity index (χ3v) is 4.22. The number of rotatable bonds is 5. The number of nitrogens with one attached hydrogen (secondary N) is 1. The van der Waals surface area contributed by atoms with Crippen LogP contribution in [0.1, 0.15) is 25.0 Å². The molecule has 1 aromatic carbocycles. The molecule has 0 aliphatic heterocycles. The molecule has 0 spiro atoms. The van der Waals surface area contributed by atoms with Crippen LogP contribution in [0.15, 0.2) is 33.6 Å². The molecule has 8 heteroatoms. The molecule has 136 valence electrons. The summed E-state index contributed by atoms with van der Waals surface area (Å²) in [5.74, 6) is 0.446. The van der Waals surface area contributed by atoms with Crippen LogP contribution in [0.3, 0.4) is 0 Å². The average molecular weight is 356 g/mol. The lowest BCUT2D eigenvalue weighted by atomic mass is 10.1.